The number of rotatable bonds is 4. The number of likely N-dealkylation sites (tertiary alicyclic amines) is 1. The first-order chi connectivity index (χ1) is 10.2. The van der Waals surface area contributed by atoms with Crippen LogP contribution in [0.5, 0.6) is 0 Å². The van der Waals surface area contributed by atoms with Gasteiger partial charge in [-0.25, -0.2) is 4.39 Å². The molecule has 0 aromatic heterocycles. The molecule has 2 atom stereocenters. The van der Waals surface area contributed by atoms with E-state index in [0.717, 1.165) is 31.0 Å². The Labute approximate surface area is 127 Å². The van der Waals surface area contributed by atoms with Gasteiger partial charge >= 0.3 is 0 Å². The molecule has 0 bridgehead atoms. The van der Waals surface area contributed by atoms with Gasteiger partial charge < -0.3 is 0 Å². The smallest absolute Gasteiger partial charge is 0.123 e. The maximum Gasteiger partial charge on any atom is 0.123 e. The molecule has 1 saturated heterocycles. The van der Waals surface area contributed by atoms with Gasteiger partial charge in [-0.1, -0.05) is 30.3 Å². The van der Waals surface area contributed by atoms with Gasteiger partial charge in [-0.3, -0.25) is 9.11 Å². The van der Waals surface area contributed by atoms with E-state index in [0.29, 0.717) is 0 Å². The molecule has 1 fully saturated rings. The first kappa shape index (κ1) is 14.4. The Morgan fingerprint density at radius 1 is 1.10 bits per heavy atom. The molecule has 110 valence electrons. The van der Waals surface area contributed by atoms with E-state index in [1.165, 1.54) is 17.7 Å². The summed E-state index contributed by atoms with van der Waals surface area (Å²) in [5, 5.41) is 0.138. The summed E-state index contributed by atoms with van der Waals surface area (Å²) >= 11 is 0. The summed E-state index contributed by atoms with van der Waals surface area (Å²) < 4.78 is 25.4. The average molecular weight is 303 g/mol. The monoisotopic (exact) mass is 303 g/mol. The number of hydrogen-bond donors (Lipinski definition) is 0. The second-order valence-electron chi connectivity index (χ2n) is 5.38. The molecule has 0 spiro atoms. The van der Waals surface area contributed by atoms with Crippen LogP contribution in [0.4, 0.5) is 4.39 Å². The molecule has 0 aliphatic carbocycles. The van der Waals surface area contributed by atoms with Gasteiger partial charge in [0.15, 0.2) is 0 Å². The molecule has 0 N–H and O–H groups in total. The van der Waals surface area contributed by atoms with Crippen molar-refractivity contribution >= 4 is 10.8 Å². The zero-order chi connectivity index (χ0) is 14.7. The van der Waals surface area contributed by atoms with E-state index >= 15 is 0 Å². The van der Waals surface area contributed by atoms with Gasteiger partial charge in [-0.2, -0.15) is 0 Å². The summed E-state index contributed by atoms with van der Waals surface area (Å²) in [5.41, 5.74) is 1.28. The minimum absolute atomic E-state index is 0.138. The van der Waals surface area contributed by atoms with Crippen LogP contribution in [0.1, 0.15) is 12.0 Å². The Bertz CT molecular complexity index is 614. The van der Waals surface area contributed by atoms with E-state index in [2.05, 4.69) is 17.0 Å². The van der Waals surface area contributed by atoms with Crippen LogP contribution >= 0.6 is 0 Å². The highest BCUT2D eigenvalue weighted by Gasteiger charge is 2.27. The summed E-state index contributed by atoms with van der Waals surface area (Å²) in [6.45, 7) is 2.70. The second kappa shape index (κ2) is 6.50. The van der Waals surface area contributed by atoms with Gasteiger partial charge in [-0.15, -0.1) is 0 Å². The van der Waals surface area contributed by atoms with Gasteiger partial charge in [0.2, 0.25) is 0 Å². The Hall–Kier alpha value is -1.52. The van der Waals surface area contributed by atoms with Gasteiger partial charge in [0.25, 0.3) is 0 Å². The average Bonchev–Trinajstić information content (AvgIpc) is 2.97. The van der Waals surface area contributed by atoms with Gasteiger partial charge in [0.05, 0.1) is 16.0 Å². The van der Waals surface area contributed by atoms with Gasteiger partial charge in [0, 0.05) is 18.0 Å². The van der Waals surface area contributed by atoms with Crippen LogP contribution in [0.25, 0.3) is 0 Å². The van der Waals surface area contributed by atoms with Crippen molar-refractivity contribution in [2.75, 3.05) is 13.1 Å². The molecule has 4 heteroatoms. The lowest BCUT2D eigenvalue weighted by Gasteiger charge is -2.16. The lowest BCUT2D eigenvalue weighted by molar-refractivity contribution is 0.332. The van der Waals surface area contributed by atoms with E-state index in [9.17, 15) is 8.60 Å². The molecule has 2 nitrogen and oxygen atoms in total. The third-order valence-corrected chi connectivity index (χ3v) is 5.55. The third kappa shape index (κ3) is 3.57. The van der Waals surface area contributed by atoms with Crippen LogP contribution in [0.2, 0.25) is 0 Å². The zero-order valence-corrected chi connectivity index (χ0v) is 12.6. The van der Waals surface area contributed by atoms with Gasteiger partial charge in [0.1, 0.15) is 5.82 Å². The molecule has 1 heterocycles. The number of nitrogens with zero attached hydrogens (tertiary/aromatic N) is 1. The Morgan fingerprint density at radius 3 is 2.52 bits per heavy atom. The van der Waals surface area contributed by atoms with Crippen LogP contribution in [0, 0.1) is 5.82 Å². The van der Waals surface area contributed by atoms with Crippen LogP contribution in [0.15, 0.2) is 59.5 Å². The molecule has 1 aliphatic heterocycles. The molecule has 0 radical (unpaired) electrons. The van der Waals surface area contributed by atoms with Crippen LogP contribution in [0.3, 0.4) is 0 Å². The van der Waals surface area contributed by atoms with Crippen molar-refractivity contribution in [1.29, 1.82) is 0 Å². The molecule has 2 unspecified atom stereocenters. The Kier molecular flexibility index (Phi) is 4.46. The second-order valence-corrected chi connectivity index (χ2v) is 7.12. The number of benzene rings is 2. The molecule has 3 rings (SSSR count). The van der Waals surface area contributed by atoms with Crippen LogP contribution < -0.4 is 0 Å². The standard InChI is InChI=1S/C17H18FNOS/c18-15-6-8-16(9-7-15)21(20)17-10-11-19(13-17)12-14-4-2-1-3-5-14/h1-9,17H,10-13H2. The summed E-state index contributed by atoms with van der Waals surface area (Å²) in [6.07, 6.45) is 0.927. The van der Waals surface area contributed by atoms with Crippen LogP contribution in [-0.2, 0) is 17.3 Å². The molecule has 0 amide bonds. The highest BCUT2D eigenvalue weighted by Crippen LogP contribution is 2.22. The largest absolute Gasteiger partial charge is 0.298 e. The van der Waals surface area contributed by atoms with Crippen molar-refractivity contribution in [3.63, 3.8) is 0 Å². The molecule has 21 heavy (non-hydrogen) atoms. The third-order valence-electron chi connectivity index (χ3n) is 3.83. The Morgan fingerprint density at radius 2 is 1.81 bits per heavy atom. The van der Waals surface area contributed by atoms with Crippen molar-refractivity contribution in [2.45, 2.75) is 23.1 Å². The fourth-order valence-corrected chi connectivity index (χ4v) is 4.17. The predicted octanol–water partition coefficient (Wildman–Crippen LogP) is 3.21. The minimum Gasteiger partial charge on any atom is -0.298 e. The predicted molar refractivity (Wildman–Crippen MR) is 82.9 cm³/mol. The Balaban J connectivity index is 1.61. The van der Waals surface area contributed by atoms with E-state index in [1.807, 2.05) is 18.2 Å². The summed E-state index contributed by atoms with van der Waals surface area (Å²) in [5.74, 6) is -0.284. The maximum absolute atomic E-state index is 12.9. The van der Waals surface area contributed by atoms with E-state index in [-0.39, 0.29) is 11.1 Å². The summed E-state index contributed by atoms with van der Waals surface area (Å²) in [7, 11) is -1.05. The van der Waals surface area contributed by atoms with Crippen molar-refractivity contribution < 1.29 is 8.60 Å². The fraction of sp³-hybridized carbons (Fsp3) is 0.294. The lowest BCUT2D eigenvalue weighted by atomic mass is 10.2. The minimum atomic E-state index is -1.05. The molecule has 2 aromatic carbocycles. The number of hydrogen-bond acceptors (Lipinski definition) is 2. The summed E-state index contributed by atoms with van der Waals surface area (Å²) in [6, 6.07) is 16.3. The quantitative estimate of drug-likeness (QED) is 0.864. The SMILES string of the molecule is O=S(c1ccc(F)cc1)C1CCN(Cc2ccccc2)C1. The van der Waals surface area contributed by atoms with Crippen LogP contribution in [-0.4, -0.2) is 27.4 Å². The topological polar surface area (TPSA) is 20.3 Å². The first-order valence-electron chi connectivity index (χ1n) is 7.15. The van der Waals surface area contributed by atoms with Crippen molar-refractivity contribution in [3.05, 3.63) is 66.0 Å². The normalized spacial score (nSPS) is 20.5. The highest BCUT2D eigenvalue weighted by atomic mass is 32.2. The van der Waals surface area contributed by atoms with Crippen molar-refractivity contribution in [3.8, 4) is 0 Å². The van der Waals surface area contributed by atoms with E-state index in [4.69, 9.17) is 0 Å². The molecule has 1 aliphatic rings. The molecular weight excluding hydrogens is 285 g/mol. The first-order valence-corrected chi connectivity index (χ1v) is 8.36. The van der Waals surface area contributed by atoms with E-state index < -0.39 is 10.8 Å². The summed E-state index contributed by atoms with van der Waals surface area (Å²) in [4.78, 5) is 3.06. The fourth-order valence-electron chi connectivity index (χ4n) is 2.72. The molecule has 2 aromatic rings. The zero-order valence-electron chi connectivity index (χ0n) is 11.7. The van der Waals surface area contributed by atoms with Crippen molar-refractivity contribution in [1.82, 2.24) is 4.90 Å². The van der Waals surface area contributed by atoms with Crippen molar-refractivity contribution in [2.24, 2.45) is 0 Å². The number of halogens is 1. The highest BCUT2D eigenvalue weighted by molar-refractivity contribution is 7.85. The van der Waals surface area contributed by atoms with Gasteiger partial charge in [-0.05, 0) is 42.8 Å². The molecule has 0 saturated carbocycles. The lowest BCUT2D eigenvalue weighted by Crippen LogP contribution is -2.23. The molecular formula is C17H18FNOS. The van der Waals surface area contributed by atoms with E-state index in [1.54, 1.807) is 12.1 Å². The maximum atomic E-state index is 12.9.